The Kier molecular flexibility index (Phi) is 4.35. The van der Waals surface area contributed by atoms with Crippen LogP contribution in [-0.4, -0.2) is 44.0 Å². The minimum Gasteiger partial charge on any atom is -0.348 e. The number of carbonyl (C=O) groups is 1. The molecule has 82 valence electrons. The molecule has 0 aromatic rings. The predicted molar refractivity (Wildman–Crippen MR) is 56.9 cm³/mol. The molecule has 1 rings (SSSR count). The largest absolute Gasteiger partial charge is 0.348 e. The first-order chi connectivity index (χ1) is 6.65. The molecular weight excluding hydrogens is 178 g/mol. The molecule has 0 heterocycles. The van der Waals surface area contributed by atoms with E-state index in [1.165, 1.54) is 12.8 Å². The number of amides is 1. The van der Waals surface area contributed by atoms with Crippen LogP contribution in [0.4, 0.5) is 0 Å². The molecule has 0 bridgehead atoms. The Balaban J connectivity index is 2.27. The zero-order chi connectivity index (χ0) is 10.6. The second-order valence-corrected chi connectivity index (χ2v) is 4.20. The van der Waals surface area contributed by atoms with Gasteiger partial charge in [-0.1, -0.05) is 6.42 Å². The summed E-state index contributed by atoms with van der Waals surface area (Å²) >= 11 is 0. The van der Waals surface area contributed by atoms with E-state index in [1.807, 2.05) is 0 Å². The van der Waals surface area contributed by atoms with Crippen molar-refractivity contribution >= 4 is 5.91 Å². The van der Waals surface area contributed by atoms with Gasteiger partial charge >= 0.3 is 0 Å². The molecule has 0 aromatic carbocycles. The zero-order valence-corrected chi connectivity index (χ0v) is 9.12. The summed E-state index contributed by atoms with van der Waals surface area (Å²) in [5.74, 6) is 0.692. The highest BCUT2D eigenvalue weighted by Crippen LogP contribution is 2.24. The maximum Gasteiger partial charge on any atom is 0.236 e. The fourth-order valence-corrected chi connectivity index (χ4v) is 1.96. The molecule has 14 heavy (non-hydrogen) atoms. The summed E-state index contributed by atoms with van der Waals surface area (Å²) < 4.78 is 0. The van der Waals surface area contributed by atoms with Gasteiger partial charge in [0.25, 0.3) is 0 Å². The van der Waals surface area contributed by atoms with Crippen LogP contribution in [0.1, 0.15) is 19.3 Å². The highest BCUT2D eigenvalue weighted by atomic mass is 16.2. The molecule has 2 atom stereocenters. The summed E-state index contributed by atoms with van der Waals surface area (Å²) in [5, 5.41) is 3.29. The lowest BCUT2D eigenvalue weighted by Crippen LogP contribution is -2.41. The molecule has 4 heteroatoms. The Morgan fingerprint density at radius 1 is 1.50 bits per heavy atom. The van der Waals surface area contributed by atoms with E-state index >= 15 is 0 Å². The van der Waals surface area contributed by atoms with Crippen LogP contribution in [0.2, 0.25) is 0 Å². The Morgan fingerprint density at radius 2 is 2.21 bits per heavy atom. The average Bonchev–Trinajstić information content (AvgIpc) is 2.60. The van der Waals surface area contributed by atoms with Crippen LogP contribution in [-0.2, 0) is 4.79 Å². The molecule has 0 spiro atoms. The van der Waals surface area contributed by atoms with E-state index in [1.54, 1.807) is 19.0 Å². The monoisotopic (exact) mass is 199 g/mol. The van der Waals surface area contributed by atoms with Crippen molar-refractivity contribution in [2.24, 2.45) is 11.7 Å². The van der Waals surface area contributed by atoms with Crippen LogP contribution in [0, 0.1) is 5.92 Å². The fraction of sp³-hybridized carbons (Fsp3) is 0.900. The third-order valence-corrected chi connectivity index (χ3v) is 2.98. The Morgan fingerprint density at radius 3 is 2.79 bits per heavy atom. The maximum absolute atomic E-state index is 11.3. The van der Waals surface area contributed by atoms with Crippen LogP contribution >= 0.6 is 0 Å². The molecule has 1 aliphatic carbocycles. The van der Waals surface area contributed by atoms with Crippen LogP contribution in [0.25, 0.3) is 0 Å². The normalized spacial score (nSPS) is 26.5. The van der Waals surface area contributed by atoms with Gasteiger partial charge in [-0.15, -0.1) is 0 Å². The van der Waals surface area contributed by atoms with Crippen LogP contribution in [0.3, 0.4) is 0 Å². The number of rotatable bonds is 4. The minimum absolute atomic E-state index is 0.132. The van der Waals surface area contributed by atoms with Gasteiger partial charge in [0.15, 0.2) is 0 Å². The van der Waals surface area contributed by atoms with Crippen molar-refractivity contribution in [1.82, 2.24) is 10.2 Å². The summed E-state index contributed by atoms with van der Waals surface area (Å²) in [6, 6.07) is 0.448. The minimum atomic E-state index is 0.132. The predicted octanol–water partition coefficient (Wildman–Crippen LogP) is -0.208. The molecule has 3 N–H and O–H groups in total. The number of nitrogens with one attached hydrogen (secondary N) is 1. The van der Waals surface area contributed by atoms with E-state index in [0.717, 1.165) is 13.0 Å². The van der Waals surface area contributed by atoms with Crippen molar-refractivity contribution < 1.29 is 4.79 Å². The van der Waals surface area contributed by atoms with Crippen LogP contribution in [0.15, 0.2) is 0 Å². The van der Waals surface area contributed by atoms with E-state index in [9.17, 15) is 4.79 Å². The number of hydrogen-bond donors (Lipinski definition) is 2. The number of nitrogens with two attached hydrogens (primary N) is 1. The van der Waals surface area contributed by atoms with Crippen LogP contribution in [0.5, 0.6) is 0 Å². The molecule has 1 aliphatic rings. The lowest BCUT2D eigenvalue weighted by Gasteiger charge is -2.20. The highest BCUT2D eigenvalue weighted by molar-refractivity contribution is 5.77. The van der Waals surface area contributed by atoms with E-state index in [4.69, 9.17) is 5.73 Å². The fourth-order valence-electron chi connectivity index (χ4n) is 1.96. The molecule has 1 amide bonds. The van der Waals surface area contributed by atoms with Crippen molar-refractivity contribution in [3.8, 4) is 0 Å². The van der Waals surface area contributed by atoms with Gasteiger partial charge in [0.2, 0.25) is 5.91 Å². The highest BCUT2D eigenvalue weighted by Gasteiger charge is 2.25. The van der Waals surface area contributed by atoms with Gasteiger partial charge in [0, 0.05) is 20.1 Å². The first-order valence-corrected chi connectivity index (χ1v) is 5.28. The summed E-state index contributed by atoms with van der Waals surface area (Å²) in [4.78, 5) is 12.9. The van der Waals surface area contributed by atoms with Gasteiger partial charge in [0.05, 0.1) is 6.54 Å². The summed E-state index contributed by atoms with van der Waals surface area (Å²) in [6.45, 7) is 1.17. The van der Waals surface area contributed by atoms with Gasteiger partial charge < -0.3 is 16.0 Å². The summed E-state index contributed by atoms with van der Waals surface area (Å²) in [7, 11) is 3.55. The van der Waals surface area contributed by atoms with Gasteiger partial charge in [-0.05, 0) is 25.3 Å². The number of likely N-dealkylation sites (N-methyl/N-ethyl adjacent to an activating group) is 1. The van der Waals surface area contributed by atoms with Crippen molar-refractivity contribution in [2.75, 3.05) is 27.2 Å². The molecule has 1 fully saturated rings. The van der Waals surface area contributed by atoms with Gasteiger partial charge in [-0.25, -0.2) is 0 Å². The molecule has 0 radical (unpaired) electrons. The van der Waals surface area contributed by atoms with E-state index in [-0.39, 0.29) is 5.91 Å². The third-order valence-electron chi connectivity index (χ3n) is 2.98. The third kappa shape index (κ3) is 2.96. The first-order valence-electron chi connectivity index (χ1n) is 5.28. The molecule has 2 unspecified atom stereocenters. The molecule has 0 aromatic heterocycles. The molecule has 4 nitrogen and oxygen atoms in total. The lowest BCUT2D eigenvalue weighted by molar-refractivity contribution is -0.127. The van der Waals surface area contributed by atoms with E-state index in [2.05, 4.69) is 5.32 Å². The molecule has 1 saturated carbocycles. The number of hydrogen-bond acceptors (Lipinski definition) is 3. The SMILES string of the molecule is CN(C)C(=O)CNC1CCCC1CN. The van der Waals surface area contributed by atoms with Crippen LogP contribution < -0.4 is 11.1 Å². The van der Waals surface area contributed by atoms with Crippen molar-refractivity contribution in [2.45, 2.75) is 25.3 Å². The molecule has 0 saturated heterocycles. The maximum atomic E-state index is 11.3. The van der Waals surface area contributed by atoms with E-state index < -0.39 is 0 Å². The van der Waals surface area contributed by atoms with Gasteiger partial charge in [-0.3, -0.25) is 4.79 Å². The molecular formula is C10H21N3O. The van der Waals surface area contributed by atoms with E-state index in [0.29, 0.717) is 18.5 Å². The summed E-state index contributed by atoms with van der Waals surface area (Å²) in [5.41, 5.74) is 5.66. The Bertz CT molecular complexity index is 194. The molecule has 0 aliphatic heterocycles. The lowest BCUT2D eigenvalue weighted by atomic mass is 10.0. The van der Waals surface area contributed by atoms with Crippen molar-refractivity contribution in [1.29, 1.82) is 0 Å². The second-order valence-electron chi connectivity index (χ2n) is 4.20. The summed E-state index contributed by atoms with van der Waals surface area (Å²) in [6.07, 6.45) is 3.59. The Hall–Kier alpha value is -0.610. The van der Waals surface area contributed by atoms with Crippen molar-refractivity contribution in [3.05, 3.63) is 0 Å². The average molecular weight is 199 g/mol. The standard InChI is InChI=1S/C10H21N3O/c1-13(2)10(14)7-12-9-5-3-4-8(9)6-11/h8-9,12H,3-7,11H2,1-2H3. The zero-order valence-electron chi connectivity index (χ0n) is 9.12. The topological polar surface area (TPSA) is 58.4 Å². The van der Waals surface area contributed by atoms with Gasteiger partial charge in [0.1, 0.15) is 0 Å². The van der Waals surface area contributed by atoms with Gasteiger partial charge in [-0.2, -0.15) is 0 Å². The first kappa shape index (κ1) is 11.5. The quantitative estimate of drug-likeness (QED) is 0.659. The number of nitrogens with zero attached hydrogens (tertiary/aromatic N) is 1. The van der Waals surface area contributed by atoms with Crippen molar-refractivity contribution in [3.63, 3.8) is 0 Å². The smallest absolute Gasteiger partial charge is 0.236 e. The Labute approximate surface area is 85.8 Å². The number of carbonyl (C=O) groups excluding carboxylic acids is 1. The second kappa shape index (κ2) is 5.32.